The molecule has 124 valence electrons. The number of amides is 3. The molecule has 0 N–H and O–H groups in total. The van der Waals surface area contributed by atoms with Gasteiger partial charge in [-0.3, -0.25) is 14.6 Å². The molecule has 0 aromatic heterocycles. The number of hydrogen-bond acceptors (Lipinski definition) is 4. The lowest BCUT2D eigenvalue weighted by molar-refractivity contribution is -0.525. The maximum atomic E-state index is 12.6. The highest BCUT2D eigenvalue weighted by atomic mass is 16.2. The van der Waals surface area contributed by atoms with Crippen LogP contribution in [0.15, 0.2) is 23.2 Å². The Labute approximate surface area is 140 Å². The van der Waals surface area contributed by atoms with E-state index in [1.165, 1.54) is 28.0 Å². The molecule has 1 saturated heterocycles. The van der Waals surface area contributed by atoms with Crippen molar-refractivity contribution in [2.75, 3.05) is 32.1 Å². The quantitative estimate of drug-likeness (QED) is 0.717. The molecule has 3 aliphatic heterocycles. The van der Waals surface area contributed by atoms with Gasteiger partial charge in [-0.05, 0) is 37.1 Å². The zero-order chi connectivity index (χ0) is 17.2. The Morgan fingerprint density at radius 3 is 2.58 bits per heavy atom. The van der Waals surface area contributed by atoms with Crippen LogP contribution in [0.2, 0.25) is 0 Å². The summed E-state index contributed by atoms with van der Waals surface area (Å²) in [6.45, 7) is 5.66. The molecule has 3 amide bonds. The average Bonchev–Trinajstić information content (AvgIpc) is 3.12. The summed E-state index contributed by atoms with van der Waals surface area (Å²) in [7, 11) is 3.19. The number of likely N-dealkylation sites (N-methyl/N-ethyl adjacent to an activating group) is 2. The lowest BCUT2D eigenvalue weighted by Crippen LogP contribution is -2.61. The van der Waals surface area contributed by atoms with Crippen LogP contribution in [0, 0.1) is 13.8 Å². The van der Waals surface area contributed by atoms with E-state index in [4.69, 9.17) is 0 Å². The number of amidine groups is 1. The average molecular weight is 326 g/mol. The highest BCUT2D eigenvalue weighted by Gasteiger charge is 2.54. The standard InChI is InChI=1S/C17H20N5O2/c1-10-5-6-12(9-11(10)2)21-7-8-22-13-14(18-16(21)22)19(3)17(24)20(4)15(13)23/h5-6,9,13H,7-8H2,1-4H3/q+1. The van der Waals surface area contributed by atoms with Crippen molar-refractivity contribution in [3.63, 3.8) is 0 Å². The Hall–Kier alpha value is -2.70. The van der Waals surface area contributed by atoms with E-state index >= 15 is 0 Å². The number of aryl methyl sites for hydroxylation is 2. The molecule has 3 heterocycles. The smallest absolute Gasteiger partial charge is 0.270 e. The van der Waals surface area contributed by atoms with Crippen LogP contribution in [0.1, 0.15) is 11.1 Å². The van der Waals surface area contributed by atoms with Crippen molar-refractivity contribution in [1.29, 1.82) is 0 Å². The van der Waals surface area contributed by atoms with Crippen LogP contribution >= 0.6 is 0 Å². The van der Waals surface area contributed by atoms with Gasteiger partial charge in [0.25, 0.3) is 5.91 Å². The van der Waals surface area contributed by atoms with Crippen molar-refractivity contribution in [3.05, 3.63) is 29.3 Å². The number of urea groups is 1. The number of rotatable bonds is 1. The number of imide groups is 1. The fourth-order valence-electron chi connectivity index (χ4n) is 3.48. The second-order valence-corrected chi connectivity index (χ2v) is 6.52. The normalized spacial score (nSPS) is 23.1. The first-order valence-corrected chi connectivity index (χ1v) is 8.02. The maximum absolute atomic E-state index is 12.6. The minimum Gasteiger partial charge on any atom is -0.270 e. The number of guanidine groups is 1. The first kappa shape index (κ1) is 14.9. The van der Waals surface area contributed by atoms with Crippen LogP contribution in [0.25, 0.3) is 0 Å². The first-order chi connectivity index (χ1) is 11.4. The Morgan fingerprint density at radius 1 is 1.12 bits per heavy atom. The Balaban J connectivity index is 1.76. The molecule has 1 atom stereocenters. The summed E-state index contributed by atoms with van der Waals surface area (Å²) in [5.41, 5.74) is 3.53. The second-order valence-electron chi connectivity index (χ2n) is 6.52. The van der Waals surface area contributed by atoms with Crippen LogP contribution in [0.5, 0.6) is 0 Å². The summed E-state index contributed by atoms with van der Waals surface area (Å²) in [6.07, 6.45) is 0. The fraction of sp³-hybridized carbons (Fsp3) is 0.412. The van der Waals surface area contributed by atoms with Crippen LogP contribution < -0.4 is 4.90 Å². The maximum Gasteiger partial charge on any atom is 0.397 e. The lowest BCUT2D eigenvalue weighted by atomic mass is 10.1. The molecule has 1 fully saturated rings. The summed E-state index contributed by atoms with van der Waals surface area (Å²) < 4.78 is 1.99. The summed E-state index contributed by atoms with van der Waals surface area (Å²) >= 11 is 0. The SMILES string of the molecule is Cc1ccc(N2CC[N+]3=C2N=C2C3C(=O)N(C)C(=O)N2C)cc1C. The molecule has 0 bridgehead atoms. The van der Waals surface area contributed by atoms with Crippen molar-refractivity contribution in [1.82, 2.24) is 9.80 Å². The van der Waals surface area contributed by atoms with E-state index in [9.17, 15) is 9.59 Å². The molecule has 4 rings (SSSR count). The van der Waals surface area contributed by atoms with Crippen molar-refractivity contribution in [3.8, 4) is 0 Å². The van der Waals surface area contributed by atoms with Crippen LogP contribution in [-0.4, -0.2) is 71.3 Å². The van der Waals surface area contributed by atoms with Crippen molar-refractivity contribution < 1.29 is 14.2 Å². The van der Waals surface area contributed by atoms with Gasteiger partial charge in [-0.1, -0.05) is 11.1 Å². The largest absolute Gasteiger partial charge is 0.397 e. The van der Waals surface area contributed by atoms with Gasteiger partial charge < -0.3 is 0 Å². The molecule has 1 aromatic rings. The van der Waals surface area contributed by atoms with Gasteiger partial charge in [0.1, 0.15) is 12.2 Å². The van der Waals surface area contributed by atoms with E-state index < -0.39 is 6.04 Å². The van der Waals surface area contributed by atoms with Crippen molar-refractivity contribution >= 4 is 29.4 Å². The molecular weight excluding hydrogens is 306 g/mol. The number of aliphatic imine (C=N–C) groups is 1. The summed E-state index contributed by atoms with van der Waals surface area (Å²) in [5.74, 6) is 1.06. The van der Waals surface area contributed by atoms with E-state index in [1.807, 2.05) is 4.58 Å². The number of benzene rings is 1. The van der Waals surface area contributed by atoms with Gasteiger partial charge in [-0.2, -0.15) is 0 Å². The van der Waals surface area contributed by atoms with Gasteiger partial charge >= 0.3 is 12.0 Å². The monoisotopic (exact) mass is 326 g/mol. The van der Waals surface area contributed by atoms with Crippen LogP contribution in [0.3, 0.4) is 0 Å². The number of nitrogens with zero attached hydrogens (tertiary/aromatic N) is 5. The molecule has 0 saturated carbocycles. The summed E-state index contributed by atoms with van der Waals surface area (Å²) in [4.78, 5) is 34.1. The molecule has 1 unspecified atom stereocenters. The molecule has 0 spiro atoms. The third-order valence-corrected chi connectivity index (χ3v) is 5.12. The highest BCUT2D eigenvalue weighted by Crippen LogP contribution is 2.27. The molecular formula is C17H20N5O2+. The molecule has 7 nitrogen and oxygen atoms in total. The summed E-state index contributed by atoms with van der Waals surface area (Å²) in [5, 5.41) is 0. The van der Waals surface area contributed by atoms with Gasteiger partial charge in [-0.15, -0.1) is 0 Å². The van der Waals surface area contributed by atoms with E-state index in [0.29, 0.717) is 12.4 Å². The van der Waals surface area contributed by atoms with Crippen molar-refractivity contribution in [2.45, 2.75) is 19.9 Å². The van der Waals surface area contributed by atoms with Gasteiger partial charge in [0, 0.05) is 14.1 Å². The van der Waals surface area contributed by atoms with Crippen LogP contribution in [-0.2, 0) is 4.79 Å². The second kappa shape index (κ2) is 4.90. The summed E-state index contributed by atoms with van der Waals surface area (Å²) in [6, 6.07) is 5.47. The fourth-order valence-corrected chi connectivity index (χ4v) is 3.48. The zero-order valence-electron chi connectivity index (χ0n) is 14.3. The molecule has 0 radical (unpaired) electrons. The van der Waals surface area contributed by atoms with Gasteiger partial charge in [0.2, 0.25) is 11.9 Å². The molecule has 0 aliphatic carbocycles. The highest BCUT2D eigenvalue weighted by molar-refractivity contribution is 6.24. The Bertz CT molecular complexity index is 841. The number of anilines is 1. The van der Waals surface area contributed by atoms with Gasteiger partial charge in [-0.25, -0.2) is 14.3 Å². The topological polar surface area (TPSA) is 59.2 Å². The van der Waals surface area contributed by atoms with Crippen LogP contribution in [0.4, 0.5) is 10.5 Å². The predicted molar refractivity (Wildman–Crippen MR) is 90.5 cm³/mol. The zero-order valence-corrected chi connectivity index (χ0v) is 14.3. The Morgan fingerprint density at radius 2 is 1.88 bits per heavy atom. The number of carbonyl (C=O) groups is 2. The molecule has 24 heavy (non-hydrogen) atoms. The minimum absolute atomic E-state index is 0.214. The molecule has 7 heteroatoms. The lowest BCUT2D eigenvalue weighted by Gasteiger charge is -2.31. The third-order valence-electron chi connectivity index (χ3n) is 5.12. The number of carbonyl (C=O) groups excluding carboxylic acids is 2. The molecule has 1 aromatic carbocycles. The van der Waals surface area contributed by atoms with E-state index in [2.05, 4.69) is 41.9 Å². The van der Waals surface area contributed by atoms with Crippen molar-refractivity contribution in [2.24, 2.45) is 4.99 Å². The van der Waals surface area contributed by atoms with E-state index in [1.54, 1.807) is 7.05 Å². The van der Waals surface area contributed by atoms with Gasteiger partial charge in [0.15, 0.2) is 0 Å². The third kappa shape index (κ3) is 1.84. The van der Waals surface area contributed by atoms with E-state index in [-0.39, 0.29) is 11.9 Å². The number of fused-ring (bicyclic) bond motifs is 2. The predicted octanol–water partition coefficient (Wildman–Crippen LogP) is 0.796. The minimum atomic E-state index is -0.496. The molecule has 3 aliphatic rings. The first-order valence-electron chi connectivity index (χ1n) is 8.02. The number of hydrogen-bond donors (Lipinski definition) is 0. The van der Waals surface area contributed by atoms with E-state index in [0.717, 1.165) is 18.2 Å². The Kier molecular flexibility index (Phi) is 3.03. The van der Waals surface area contributed by atoms with Gasteiger partial charge in [0.05, 0.1) is 6.54 Å².